The van der Waals surface area contributed by atoms with E-state index in [4.69, 9.17) is 9.47 Å². The average molecular weight is 365 g/mol. The first-order valence-corrected chi connectivity index (χ1v) is 8.91. The van der Waals surface area contributed by atoms with Gasteiger partial charge in [0.1, 0.15) is 18.9 Å². The van der Waals surface area contributed by atoms with E-state index in [1.807, 2.05) is 41.8 Å². The molecule has 0 saturated heterocycles. The number of amides is 1. The number of nitrogens with one attached hydrogen (secondary N) is 1. The Morgan fingerprint density at radius 3 is 2.85 bits per heavy atom. The van der Waals surface area contributed by atoms with Crippen LogP contribution in [0.15, 0.2) is 54.1 Å². The van der Waals surface area contributed by atoms with E-state index in [2.05, 4.69) is 15.3 Å². The summed E-state index contributed by atoms with van der Waals surface area (Å²) in [6.45, 7) is 1.09. The maximum atomic E-state index is 12.1. The van der Waals surface area contributed by atoms with Crippen molar-refractivity contribution in [3.05, 3.63) is 59.6 Å². The predicted octanol–water partition coefficient (Wildman–Crippen LogP) is 3.63. The van der Waals surface area contributed by atoms with Crippen LogP contribution in [0.5, 0.6) is 11.5 Å². The minimum atomic E-state index is -0.248. The summed E-state index contributed by atoms with van der Waals surface area (Å²) in [6.07, 6.45) is 4.90. The van der Waals surface area contributed by atoms with Crippen molar-refractivity contribution in [1.29, 1.82) is 0 Å². The molecule has 1 aromatic carbocycles. The van der Waals surface area contributed by atoms with Crippen molar-refractivity contribution in [1.82, 2.24) is 9.97 Å². The second-order valence-electron chi connectivity index (χ2n) is 5.48. The summed E-state index contributed by atoms with van der Waals surface area (Å²) in [4.78, 5) is 20.8. The standard InChI is InChI=1S/C19H15N3O3S/c23-18(7-5-13-4-6-16-17(11-13)25-10-9-24-16)22-19-21-15(12-26-19)14-3-1-2-8-20-14/h1-8,11-12H,9-10H2,(H,21,22,23)/b7-5-. The van der Waals surface area contributed by atoms with E-state index in [1.54, 1.807) is 12.3 Å². The van der Waals surface area contributed by atoms with Gasteiger partial charge in [-0.3, -0.25) is 15.1 Å². The Kier molecular flexibility index (Phi) is 4.61. The van der Waals surface area contributed by atoms with Gasteiger partial charge >= 0.3 is 0 Å². The first-order valence-electron chi connectivity index (χ1n) is 8.03. The second kappa shape index (κ2) is 7.37. The van der Waals surface area contributed by atoms with Crippen molar-refractivity contribution >= 4 is 28.5 Å². The fourth-order valence-electron chi connectivity index (χ4n) is 2.45. The number of thiazole rings is 1. The molecule has 0 fully saturated rings. The Morgan fingerprint density at radius 2 is 2.00 bits per heavy atom. The van der Waals surface area contributed by atoms with E-state index in [1.165, 1.54) is 17.4 Å². The van der Waals surface area contributed by atoms with E-state index in [0.29, 0.717) is 24.1 Å². The van der Waals surface area contributed by atoms with Gasteiger partial charge in [0.05, 0.1) is 5.69 Å². The van der Waals surface area contributed by atoms with E-state index >= 15 is 0 Å². The molecule has 0 atom stereocenters. The smallest absolute Gasteiger partial charge is 0.250 e. The number of ether oxygens (including phenoxy) is 2. The molecule has 7 heteroatoms. The fourth-order valence-corrected chi connectivity index (χ4v) is 3.15. The number of pyridine rings is 1. The summed E-state index contributed by atoms with van der Waals surface area (Å²) in [6, 6.07) is 11.2. The van der Waals surface area contributed by atoms with Gasteiger partial charge in [-0.1, -0.05) is 12.1 Å². The molecule has 3 heterocycles. The lowest BCUT2D eigenvalue weighted by atomic mass is 10.2. The summed E-state index contributed by atoms with van der Waals surface area (Å²) in [5.41, 5.74) is 2.37. The second-order valence-corrected chi connectivity index (χ2v) is 6.34. The zero-order valence-electron chi connectivity index (χ0n) is 13.7. The minimum absolute atomic E-state index is 0.248. The topological polar surface area (TPSA) is 73.3 Å². The Bertz CT molecular complexity index is 954. The predicted molar refractivity (Wildman–Crippen MR) is 100 cm³/mol. The summed E-state index contributed by atoms with van der Waals surface area (Å²) in [5.74, 6) is 1.17. The number of rotatable bonds is 4. The molecule has 4 rings (SSSR count). The van der Waals surface area contributed by atoms with E-state index in [-0.39, 0.29) is 5.91 Å². The highest BCUT2D eigenvalue weighted by Crippen LogP contribution is 2.31. The molecule has 2 aromatic heterocycles. The van der Waals surface area contributed by atoms with Crippen molar-refractivity contribution in [2.45, 2.75) is 0 Å². The molecule has 0 spiro atoms. The molecular weight excluding hydrogens is 350 g/mol. The Balaban J connectivity index is 1.41. The van der Waals surface area contributed by atoms with Crippen LogP contribution in [-0.2, 0) is 4.79 Å². The lowest BCUT2D eigenvalue weighted by Gasteiger charge is -2.18. The third kappa shape index (κ3) is 3.73. The first-order chi connectivity index (χ1) is 12.8. The van der Waals surface area contributed by atoms with E-state index in [9.17, 15) is 4.79 Å². The Labute approximate surface area is 154 Å². The molecule has 0 saturated carbocycles. The van der Waals surface area contributed by atoms with Crippen molar-refractivity contribution < 1.29 is 14.3 Å². The largest absolute Gasteiger partial charge is 0.486 e. The fraction of sp³-hybridized carbons (Fsp3) is 0.105. The number of hydrogen-bond acceptors (Lipinski definition) is 6. The number of benzene rings is 1. The zero-order valence-corrected chi connectivity index (χ0v) is 14.5. The number of nitrogens with zero attached hydrogens (tertiary/aromatic N) is 2. The molecule has 1 amide bonds. The third-order valence-corrected chi connectivity index (χ3v) is 4.41. The van der Waals surface area contributed by atoms with Crippen molar-refractivity contribution in [3.8, 4) is 22.9 Å². The lowest BCUT2D eigenvalue weighted by Crippen LogP contribution is -2.15. The molecule has 1 aliphatic rings. The Morgan fingerprint density at radius 1 is 1.12 bits per heavy atom. The van der Waals surface area contributed by atoms with Crippen molar-refractivity contribution in [2.75, 3.05) is 18.5 Å². The monoisotopic (exact) mass is 365 g/mol. The molecule has 0 unspecified atom stereocenters. The summed E-state index contributed by atoms with van der Waals surface area (Å²) < 4.78 is 11.0. The van der Waals surface area contributed by atoms with Crippen molar-refractivity contribution in [2.24, 2.45) is 0 Å². The SMILES string of the molecule is O=C(/C=C\c1ccc2c(c1)OCCO2)Nc1nc(-c2ccccn2)cs1. The number of aromatic nitrogens is 2. The van der Waals surface area contributed by atoms with Crippen LogP contribution in [0.1, 0.15) is 5.56 Å². The summed E-state index contributed by atoms with van der Waals surface area (Å²) >= 11 is 1.36. The van der Waals surface area contributed by atoms with Crippen LogP contribution in [0.3, 0.4) is 0 Å². The third-order valence-electron chi connectivity index (χ3n) is 3.66. The van der Waals surface area contributed by atoms with Gasteiger partial charge in [-0.25, -0.2) is 4.98 Å². The van der Waals surface area contributed by atoms with E-state index < -0.39 is 0 Å². The highest BCUT2D eigenvalue weighted by molar-refractivity contribution is 7.14. The lowest BCUT2D eigenvalue weighted by molar-refractivity contribution is -0.111. The quantitative estimate of drug-likeness (QED) is 0.715. The van der Waals surface area contributed by atoms with E-state index in [0.717, 1.165) is 22.7 Å². The molecule has 3 aromatic rings. The molecule has 6 nitrogen and oxygen atoms in total. The van der Waals surface area contributed by atoms with Crippen molar-refractivity contribution in [3.63, 3.8) is 0 Å². The van der Waals surface area contributed by atoms with Gasteiger partial charge < -0.3 is 9.47 Å². The van der Waals surface area contributed by atoms with Gasteiger partial charge in [-0.05, 0) is 35.9 Å². The van der Waals surface area contributed by atoms with Gasteiger partial charge in [0.15, 0.2) is 16.6 Å². The van der Waals surface area contributed by atoms with Crippen LogP contribution in [0.2, 0.25) is 0 Å². The summed E-state index contributed by atoms with van der Waals surface area (Å²) in [5, 5.41) is 5.16. The number of carbonyl (C=O) groups excluding carboxylic acids is 1. The highest BCUT2D eigenvalue weighted by atomic mass is 32.1. The molecule has 1 N–H and O–H groups in total. The van der Waals surface area contributed by atoms with Crippen LogP contribution in [-0.4, -0.2) is 29.1 Å². The van der Waals surface area contributed by atoms with Crippen LogP contribution >= 0.6 is 11.3 Å². The minimum Gasteiger partial charge on any atom is -0.486 e. The molecule has 0 bridgehead atoms. The van der Waals surface area contributed by atoms with Gasteiger partial charge in [-0.15, -0.1) is 11.3 Å². The van der Waals surface area contributed by atoms with Gasteiger partial charge in [-0.2, -0.15) is 0 Å². The van der Waals surface area contributed by atoms with Gasteiger partial charge in [0, 0.05) is 17.7 Å². The normalized spacial score (nSPS) is 12.9. The summed E-state index contributed by atoms with van der Waals surface area (Å²) in [7, 11) is 0. The maximum Gasteiger partial charge on any atom is 0.250 e. The molecule has 26 heavy (non-hydrogen) atoms. The maximum absolute atomic E-state index is 12.1. The van der Waals surface area contributed by atoms with Crippen LogP contribution in [0.25, 0.3) is 17.5 Å². The molecule has 1 aliphatic heterocycles. The number of hydrogen-bond donors (Lipinski definition) is 1. The molecular formula is C19H15N3O3S. The number of carbonyl (C=O) groups is 1. The molecule has 130 valence electrons. The van der Waals surface area contributed by atoms with Crippen LogP contribution in [0, 0.1) is 0 Å². The van der Waals surface area contributed by atoms with Crippen LogP contribution < -0.4 is 14.8 Å². The van der Waals surface area contributed by atoms with Crippen LogP contribution in [0.4, 0.5) is 5.13 Å². The van der Waals surface area contributed by atoms with Gasteiger partial charge in [0.2, 0.25) is 5.91 Å². The van der Waals surface area contributed by atoms with Gasteiger partial charge in [0.25, 0.3) is 0 Å². The number of anilines is 1. The Hall–Kier alpha value is -3.19. The molecule has 0 aliphatic carbocycles. The number of fused-ring (bicyclic) bond motifs is 1. The average Bonchev–Trinajstić information content (AvgIpc) is 3.15. The first kappa shape index (κ1) is 16.3. The highest BCUT2D eigenvalue weighted by Gasteiger charge is 2.11. The zero-order chi connectivity index (χ0) is 17.8. The molecule has 0 radical (unpaired) electrons.